The van der Waals surface area contributed by atoms with Crippen molar-refractivity contribution in [2.45, 2.75) is 6.42 Å². The fraction of sp³-hybridized carbons (Fsp3) is 0.154. The number of amides is 2. The Morgan fingerprint density at radius 2 is 1.65 bits per heavy atom. The number of benzene rings is 3. The molecule has 2 aliphatic heterocycles. The van der Waals surface area contributed by atoms with Gasteiger partial charge in [0, 0.05) is 44.1 Å². The summed E-state index contributed by atoms with van der Waals surface area (Å²) >= 11 is 0. The summed E-state index contributed by atoms with van der Waals surface area (Å²) in [6, 6.07) is 20.8. The van der Waals surface area contributed by atoms with E-state index in [2.05, 4.69) is 0 Å². The number of hydrogen-bond acceptors (Lipinski definition) is 6. The number of nitro benzene ring substituents is 1. The molecule has 0 atom stereocenters. The zero-order valence-electron chi connectivity index (χ0n) is 18.8. The van der Waals surface area contributed by atoms with Gasteiger partial charge in [0.2, 0.25) is 0 Å². The summed E-state index contributed by atoms with van der Waals surface area (Å²) in [7, 11) is 3.78. The molecule has 0 saturated heterocycles. The van der Waals surface area contributed by atoms with E-state index in [4.69, 9.17) is 0 Å². The van der Waals surface area contributed by atoms with Crippen LogP contribution < -0.4 is 14.7 Å². The Morgan fingerprint density at radius 3 is 2.35 bits per heavy atom. The maximum Gasteiger partial charge on any atom is 0.282 e. The van der Waals surface area contributed by atoms with Crippen LogP contribution in [0.5, 0.6) is 0 Å². The number of imide groups is 1. The van der Waals surface area contributed by atoms with Crippen molar-refractivity contribution in [3.8, 4) is 0 Å². The van der Waals surface area contributed by atoms with Crippen molar-refractivity contribution < 1.29 is 14.5 Å². The molecule has 0 aromatic heterocycles. The van der Waals surface area contributed by atoms with Crippen LogP contribution in [-0.2, 0) is 16.0 Å². The van der Waals surface area contributed by atoms with Crippen molar-refractivity contribution in [3.05, 3.63) is 99.7 Å². The Hall–Kier alpha value is -4.46. The zero-order valence-corrected chi connectivity index (χ0v) is 18.8. The molecule has 3 aromatic rings. The van der Waals surface area contributed by atoms with Crippen molar-refractivity contribution in [1.29, 1.82) is 0 Å². The molecule has 0 fully saturated rings. The van der Waals surface area contributed by atoms with Gasteiger partial charge in [0.15, 0.2) is 0 Å². The molecule has 2 heterocycles. The Balaban J connectivity index is 1.66. The highest BCUT2D eigenvalue weighted by Crippen LogP contribution is 2.40. The first-order valence-electron chi connectivity index (χ1n) is 10.9. The molecule has 8 heteroatoms. The molecule has 8 nitrogen and oxygen atoms in total. The molecular formula is C26H22N4O4. The monoisotopic (exact) mass is 454 g/mol. The van der Waals surface area contributed by atoms with Gasteiger partial charge in [-0.15, -0.1) is 0 Å². The van der Waals surface area contributed by atoms with E-state index in [9.17, 15) is 19.7 Å². The van der Waals surface area contributed by atoms with E-state index in [1.54, 1.807) is 18.2 Å². The van der Waals surface area contributed by atoms with E-state index >= 15 is 0 Å². The molecule has 2 aliphatic rings. The van der Waals surface area contributed by atoms with Crippen molar-refractivity contribution in [3.63, 3.8) is 0 Å². The van der Waals surface area contributed by atoms with Gasteiger partial charge in [0.1, 0.15) is 5.70 Å². The second-order valence-electron chi connectivity index (χ2n) is 8.42. The summed E-state index contributed by atoms with van der Waals surface area (Å²) in [5.74, 6) is -0.861. The van der Waals surface area contributed by atoms with Gasteiger partial charge in [-0.2, -0.15) is 0 Å². The van der Waals surface area contributed by atoms with Crippen LogP contribution in [0.25, 0.3) is 5.57 Å². The molecule has 3 aromatic carbocycles. The van der Waals surface area contributed by atoms with Crippen LogP contribution in [0.3, 0.4) is 0 Å². The van der Waals surface area contributed by atoms with Gasteiger partial charge >= 0.3 is 0 Å². The number of anilines is 3. The summed E-state index contributed by atoms with van der Waals surface area (Å²) < 4.78 is 0. The van der Waals surface area contributed by atoms with Gasteiger partial charge in [-0.1, -0.05) is 24.3 Å². The first-order chi connectivity index (χ1) is 16.4. The number of carbonyl (C=O) groups is 2. The number of nitro groups is 1. The van der Waals surface area contributed by atoms with E-state index in [-0.39, 0.29) is 11.3 Å². The topological polar surface area (TPSA) is 87.0 Å². The summed E-state index contributed by atoms with van der Waals surface area (Å²) in [5, 5.41) is 11.1. The van der Waals surface area contributed by atoms with Crippen LogP contribution in [0.1, 0.15) is 11.1 Å². The third kappa shape index (κ3) is 3.40. The molecule has 0 N–H and O–H groups in total. The van der Waals surface area contributed by atoms with Crippen molar-refractivity contribution >= 4 is 40.1 Å². The lowest BCUT2D eigenvalue weighted by molar-refractivity contribution is -0.384. The summed E-state index contributed by atoms with van der Waals surface area (Å²) in [6.07, 6.45) is 0.755. The molecule has 0 saturated carbocycles. The number of fused-ring (bicyclic) bond motifs is 1. The Labute approximate surface area is 196 Å². The summed E-state index contributed by atoms with van der Waals surface area (Å²) in [5.41, 5.74) is 4.25. The van der Waals surface area contributed by atoms with Gasteiger partial charge in [-0.3, -0.25) is 19.7 Å². The maximum atomic E-state index is 13.8. The number of hydrogen-bond donors (Lipinski definition) is 0. The number of rotatable bonds is 5. The van der Waals surface area contributed by atoms with Crippen molar-refractivity contribution in [2.24, 2.45) is 0 Å². The average Bonchev–Trinajstić information content (AvgIpc) is 3.37. The molecule has 2 amide bonds. The van der Waals surface area contributed by atoms with Crippen LogP contribution in [0, 0.1) is 10.1 Å². The molecule has 0 aliphatic carbocycles. The normalized spacial score (nSPS) is 15.2. The molecule has 0 unspecified atom stereocenters. The standard InChI is InChI=1S/C26H22N4O4/c1-27(2)20-7-5-8-21(16-20)29-25(31)23(18-10-12-19(13-11-18)30(33)34)24(26(29)32)28-15-14-17-6-3-4-9-22(17)28/h3-13,16H,14-15H2,1-2H3. The van der Waals surface area contributed by atoms with Gasteiger partial charge < -0.3 is 9.80 Å². The smallest absolute Gasteiger partial charge is 0.282 e. The Morgan fingerprint density at radius 1 is 0.912 bits per heavy atom. The molecule has 5 rings (SSSR count). The maximum absolute atomic E-state index is 13.8. The number of nitrogens with zero attached hydrogens (tertiary/aromatic N) is 4. The Bertz CT molecular complexity index is 1360. The molecular weight excluding hydrogens is 432 g/mol. The number of carbonyl (C=O) groups excluding carboxylic acids is 2. The minimum atomic E-state index is -0.490. The van der Waals surface area contributed by atoms with Crippen LogP contribution in [-0.4, -0.2) is 37.4 Å². The van der Waals surface area contributed by atoms with E-state index in [1.165, 1.54) is 29.2 Å². The zero-order chi connectivity index (χ0) is 24.0. The first-order valence-corrected chi connectivity index (χ1v) is 10.9. The van der Waals surface area contributed by atoms with E-state index in [0.717, 1.165) is 23.4 Å². The lowest BCUT2D eigenvalue weighted by Gasteiger charge is -2.22. The van der Waals surface area contributed by atoms with Gasteiger partial charge in [-0.25, -0.2) is 4.90 Å². The predicted molar refractivity (Wildman–Crippen MR) is 131 cm³/mol. The minimum Gasteiger partial charge on any atom is -0.378 e. The van der Waals surface area contributed by atoms with E-state index in [1.807, 2.05) is 54.2 Å². The van der Waals surface area contributed by atoms with Crippen molar-refractivity contribution in [2.75, 3.05) is 35.3 Å². The second-order valence-corrected chi connectivity index (χ2v) is 8.42. The molecule has 0 bridgehead atoms. The minimum absolute atomic E-state index is 0.0790. The molecule has 0 radical (unpaired) electrons. The lowest BCUT2D eigenvalue weighted by atomic mass is 10.0. The van der Waals surface area contributed by atoms with E-state index in [0.29, 0.717) is 23.5 Å². The number of non-ortho nitro benzene ring substituents is 1. The van der Waals surface area contributed by atoms with Crippen LogP contribution in [0.4, 0.5) is 22.7 Å². The SMILES string of the molecule is CN(C)c1cccc(N2C(=O)C(c3ccc([N+](=O)[O-])cc3)=C(N3CCc4ccccc43)C2=O)c1. The third-order valence-corrected chi connectivity index (χ3v) is 6.19. The van der Waals surface area contributed by atoms with Gasteiger partial charge in [0.05, 0.1) is 16.2 Å². The predicted octanol–water partition coefficient (Wildman–Crippen LogP) is 4.01. The summed E-state index contributed by atoms with van der Waals surface area (Å²) in [6.45, 7) is 0.565. The highest BCUT2D eigenvalue weighted by molar-refractivity contribution is 6.46. The lowest BCUT2D eigenvalue weighted by Crippen LogP contribution is -2.35. The van der Waals surface area contributed by atoms with Gasteiger partial charge in [0.25, 0.3) is 17.5 Å². The highest BCUT2D eigenvalue weighted by Gasteiger charge is 2.44. The second kappa shape index (κ2) is 8.15. The van der Waals surface area contributed by atoms with Crippen LogP contribution in [0.15, 0.2) is 78.5 Å². The molecule has 170 valence electrons. The first kappa shape index (κ1) is 21.4. The highest BCUT2D eigenvalue weighted by atomic mass is 16.6. The molecule has 0 spiro atoms. The van der Waals surface area contributed by atoms with E-state index < -0.39 is 16.7 Å². The average molecular weight is 454 g/mol. The van der Waals surface area contributed by atoms with Crippen molar-refractivity contribution in [1.82, 2.24) is 0 Å². The quantitative estimate of drug-likeness (QED) is 0.329. The fourth-order valence-electron chi connectivity index (χ4n) is 4.49. The third-order valence-electron chi connectivity index (χ3n) is 6.19. The van der Waals surface area contributed by atoms with Crippen LogP contribution >= 0.6 is 0 Å². The Kier molecular flexibility index (Phi) is 5.13. The van der Waals surface area contributed by atoms with Crippen LogP contribution in [0.2, 0.25) is 0 Å². The largest absolute Gasteiger partial charge is 0.378 e. The fourth-order valence-corrected chi connectivity index (χ4v) is 4.49. The summed E-state index contributed by atoms with van der Waals surface area (Å²) in [4.78, 5) is 43.2. The van der Waals surface area contributed by atoms with Gasteiger partial charge in [-0.05, 0) is 53.9 Å². The molecule has 34 heavy (non-hydrogen) atoms. The number of para-hydroxylation sites is 1.